The highest BCUT2D eigenvalue weighted by Crippen LogP contribution is 2.30. The Morgan fingerprint density at radius 3 is 2.69 bits per heavy atom. The zero-order chi connectivity index (χ0) is 22.6. The van der Waals surface area contributed by atoms with Crippen LogP contribution < -0.4 is 14.8 Å². The molecule has 0 saturated heterocycles. The van der Waals surface area contributed by atoms with Crippen molar-refractivity contribution in [1.29, 1.82) is 0 Å². The van der Waals surface area contributed by atoms with Crippen molar-refractivity contribution < 1.29 is 17.9 Å². The van der Waals surface area contributed by atoms with Gasteiger partial charge >= 0.3 is 0 Å². The molecule has 168 valence electrons. The van der Waals surface area contributed by atoms with E-state index in [0.29, 0.717) is 10.9 Å². The summed E-state index contributed by atoms with van der Waals surface area (Å²) in [4.78, 5) is 18.4. The lowest BCUT2D eigenvalue weighted by Crippen LogP contribution is -2.28. The van der Waals surface area contributed by atoms with Gasteiger partial charge in [0.1, 0.15) is 12.4 Å². The number of aromatic nitrogens is 1. The normalized spacial score (nSPS) is 13.4. The second kappa shape index (κ2) is 9.99. The SMILES string of the molecule is O=C(Nc1nc2c(s1)CCCC2)c1cc(S(=O)(=O)NCCOc2ccccc2)ccc1Cl. The molecule has 0 aliphatic heterocycles. The topological polar surface area (TPSA) is 97.4 Å². The maximum Gasteiger partial charge on any atom is 0.259 e. The minimum Gasteiger partial charge on any atom is -0.492 e. The second-order valence-corrected chi connectivity index (χ2v) is 10.5. The van der Waals surface area contributed by atoms with Crippen LogP contribution in [0.2, 0.25) is 5.02 Å². The van der Waals surface area contributed by atoms with Gasteiger partial charge in [-0.2, -0.15) is 0 Å². The van der Waals surface area contributed by atoms with Gasteiger partial charge in [-0.3, -0.25) is 10.1 Å². The molecular weight excluding hydrogens is 470 g/mol. The molecule has 0 radical (unpaired) electrons. The van der Waals surface area contributed by atoms with Crippen LogP contribution in [-0.4, -0.2) is 32.5 Å². The highest BCUT2D eigenvalue weighted by atomic mass is 35.5. The third-order valence-electron chi connectivity index (χ3n) is 4.96. The number of benzene rings is 2. The number of nitrogens with one attached hydrogen (secondary N) is 2. The van der Waals surface area contributed by atoms with Gasteiger partial charge in [-0.25, -0.2) is 18.1 Å². The molecule has 1 aliphatic carbocycles. The van der Waals surface area contributed by atoms with Crippen LogP contribution in [0.4, 0.5) is 5.13 Å². The number of ether oxygens (including phenoxy) is 1. The molecule has 32 heavy (non-hydrogen) atoms. The van der Waals surface area contributed by atoms with Gasteiger partial charge in [0.05, 0.1) is 21.2 Å². The van der Waals surface area contributed by atoms with E-state index in [0.717, 1.165) is 31.4 Å². The molecule has 0 fully saturated rings. The fourth-order valence-corrected chi connectivity index (χ4v) is 5.65. The van der Waals surface area contributed by atoms with Crippen LogP contribution >= 0.6 is 22.9 Å². The molecule has 1 aromatic heterocycles. The first kappa shape index (κ1) is 22.7. The number of anilines is 1. The molecule has 0 atom stereocenters. The molecule has 4 rings (SSSR count). The van der Waals surface area contributed by atoms with Crippen molar-refractivity contribution in [3.8, 4) is 5.75 Å². The lowest BCUT2D eigenvalue weighted by atomic mass is 10.0. The Kier molecular flexibility index (Phi) is 7.10. The number of hydrogen-bond acceptors (Lipinski definition) is 6. The van der Waals surface area contributed by atoms with Crippen molar-refractivity contribution >= 4 is 44.0 Å². The zero-order valence-corrected chi connectivity index (χ0v) is 19.5. The van der Waals surface area contributed by atoms with Gasteiger partial charge in [0.2, 0.25) is 10.0 Å². The average Bonchev–Trinajstić information content (AvgIpc) is 3.20. The van der Waals surface area contributed by atoms with Crippen molar-refractivity contribution in [3.63, 3.8) is 0 Å². The van der Waals surface area contributed by atoms with Crippen molar-refractivity contribution in [1.82, 2.24) is 9.71 Å². The van der Waals surface area contributed by atoms with Gasteiger partial charge in [0, 0.05) is 11.4 Å². The summed E-state index contributed by atoms with van der Waals surface area (Å²) in [6.07, 6.45) is 4.10. The summed E-state index contributed by atoms with van der Waals surface area (Å²) >= 11 is 7.65. The molecule has 1 aliphatic rings. The molecule has 0 bridgehead atoms. The highest BCUT2D eigenvalue weighted by Gasteiger charge is 2.21. The Labute approximate surface area is 195 Å². The van der Waals surface area contributed by atoms with Crippen molar-refractivity contribution in [2.24, 2.45) is 0 Å². The Bertz CT molecular complexity index is 1190. The van der Waals surface area contributed by atoms with Crippen LogP contribution in [-0.2, 0) is 22.9 Å². The monoisotopic (exact) mass is 491 g/mol. The molecule has 1 amide bonds. The molecular formula is C22H22ClN3O4S2. The number of halogens is 1. The van der Waals surface area contributed by atoms with Crippen LogP contribution in [0.5, 0.6) is 5.75 Å². The van der Waals surface area contributed by atoms with Gasteiger partial charge in [-0.05, 0) is 56.0 Å². The lowest BCUT2D eigenvalue weighted by Gasteiger charge is -2.10. The Balaban J connectivity index is 1.41. The number of carbonyl (C=O) groups excluding carboxylic acids is 1. The number of thiazole rings is 1. The third kappa shape index (κ3) is 5.47. The van der Waals surface area contributed by atoms with Gasteiger partial charge < -0.3 is 4.74 Å². The number of hydrogen-bond donors (Lipinski definition) is 2. The van der Waals surface area contributed by atoms with Gasteiger partial charge in [-0.1, -0.05) is 29.8 Å². The van der Waals surface area contributed by atoms with E-state index in [1.165, 1.54) is 34.4 Å². The van der Waals surface area contributed by atoms with Crippen molar-refractivity contribution in [2.75, 3.05) is 18.5 Å². The summed E-state index contributed by atoms with van der Waals surface area (Å²) < 4.78 is 33.3. The number of carbonyl (C=O) groups is 1. The minimum atomic E-state index is -3.84. The van der Waals surface area contributed by atoms with Crippen molar-refractivity contribution in [2.45, 2.75) is 30.6 Å². The molecule has 0 unspecified atom stereocenters. The van der Waals surface area contributed by atoms with E-state index < -0.39 is 15.9 Å². The number of nitrogens with zero attached hydrogens (tertiary/aromatic N) is 1. The van der Waals surface area contributed by atoms with Gasteiger partial charge in [0.15, 0.2) is 5.13 Å². The highest BCUT2D eigenvalue weighted by molar-refractivity contribution is 7.89. The van der Waals surface area contributed by atoms with Crippen molar-refractivity contribution in [3.05, 3.63) is 69.7 Å². The first-order valence-corrected chi connectivity index (χ1v) is 12.9. The van der Waals surface area contributed by atoms with Crippen LogP contribution in [0, 0.1) is 0 Å². The maximum atomic E-state index is 12.8. The fourth-order valence-electron chi connectivity index (χ4n) is 3.36. The Morgan fingerprint density at radius 2 is 1.91 bits per heavy atom. The summed E-state index contributed by atoms with van der Waals surface area (Å²) in [6.45, 7) is 0.241. The van der Waals surface area contributed by atoms with E-state index in [9.17, 15) is 13.2 Å². The summed E-state index contributed by atoms with van der Waals surface area (Å²) in [6, 6.07) is 13.1. The van der Waals surface area contributed by atoms with E-state index in [-0.39, 0.29) is 28.6 Å². The molecule has 1 heterocycles. The van der Waals surface area contributed by atoms with Crippen LogP contribution in [0.3, 0.4) is 0 Å². The molecule has 0 spiro atoms. The number of fused-ring (bicyclic) bond motifs is 1. The van der Waals surface area contributed by atoms with Crippen LogP contribution in [0.15, 0.2) is 53.4 Å². The van der Waals surface area contributed by atoms with E-state index in [1.807, 2.05) is 18.2 Å². The van der Waals surface area contributed by atoms with E-state index in [1.54, 1.807) is 12.1 Å². The largest absolute Gasteiger partial charge is 0.492 e. The molecule has 7 nitrogen and oxygen atoms in total. The first-order chi connectivity index (χ1) is 15.4. The van der Waals surface area contributed by atoms with Crippen LogP contribution in [0.1, 0.15) is 33.8 Å². The number of para-hydroxylation sites is 1. The second-order valence-electron chi connectivity index (χ2n) is 7.25. The van der Waals surface area contributed by atoms with E-state index in [2.05, 4.69) is 15.0 Å². The van der Waals surface area contributed by atoms with Crippen LogP contribution in [0.25, 0.3) is 0 Å². The van der Waals surface area contributed by atoms with Gasteiger partial charge in [0.25, 0.3) is 5.91 Å². The number of amides is 1. The van der Waals surface area contributed by atoms with E-state index >= 15 is 0 Å². The number of rotatable bonds is 8. The molecule has 10 heteroatoms. The maximum absolute atomic E-state index is 12.8. The van der Waals surface area contributed by atoms with Gasteiger partial charge in [-0.15, -0.1) is 11.3 Å². The zero-order valence-electron chi connectivity index (χ0n) is 17.1. The summed E-state index contributed by atoms with van der Waals surface area (Å²) in [5, 5.41) is 3.42. The predicted molar refractivity (Wildman–Crippen MR) is 125 cm³/mol. The number of aryl methyl sites for hydroxylation is 2. The minimum absolute atomic E-state index is 0.0507. The molecule has 3 aromatic rings. The predicted octanol–water partition coefficient (Wildman–Crippen LogP) is 4.28. The molecule has 2 aromatic carbocycles. The first-order valence-electron chi connectivity index (χ1n) is 10.2. The fraction of sp³-hybridized carbons (Fsp3) is 0.273. The molecule has 2 N–H and O–H groups in total. The quantitative estimate of drug-likeness (QED) is 0.458. The average molecular weight is 492 g/mol. The number of sulfonamides is 1. The smallest absolute Gasteiger partial charge is 0.259 e. The lowest BCUT2D eigenvalue weighted by molar-refractivity contribution is 0.102. The third-order valence-corrected chi connectivity index (χ3v) is 7.83. The summed E-state index contributed by atoms with van der Waals surface area (Å²) in [7, 11) is -3.84. The standard InChI is InChI=1S/C22H22ClN3O4S2/c23-18-11-10-16(32(28,29)24-12-13-30-15-6-2-1-3-7-15)14-17(18)21(27)26-22-25-19-8-4-5-9-20(19)31-22/h1-3,6-7,10-11,14,24H,4-5,8-9,12-13H2,(H,25,26,27). The summed E-state index contributed by atoms with van der Waals surface area (Å²) in [5.41, 5.74) is 1.10. The Morgan fingerprint density at radius 1 is 1.12 bits per heavy atom. The Hall–Kier alpha value is -2.46. The summed E-state index contributed by atoms with van der Waals surface area (Å²) in [5.74, 6) is 0.159. The van der Waals surface area contributed by atoms with E-state index in [4.69, 9.17) is 16.3 Å². The molecule has 0 saturated carbocycles.